The van der Waals surface area contributed by atoms with Gasteiger partial charge in [-0.2, -0.15) is 4.98 Å². The number of anilines is 3. The second-order valence-corrected chi connectivity index (χ2v) is 9.80. The molecule has 2 aromatic rings. The summed E-state index contributed by atoms with van der Waals surface area (Å²) in [6.45, 7) is 9.18. The molecule has 0 unspecified atom stereocenters. The molecule has 0 aromatic carbocycles. The number of carbonyl (C=O) groups is 1. The van der Waals surface area contributed by atoms with Crippen molar-refractivity contribution in [2.45, 2.75) is 31.7 Å². The Bertz CT molecular complexity index is 1080. The van der Waals surface area contributed by atoms with E-state index in [1.165, 1.54) is 0 Å². The molecule has 4 aliphatic heterocycles. The maximum absolute atomic E-state index is 12.9. The van der Waals surface area contributed by atoms with Crippen LogP contribution in [-0.4, -0.2) is 100 Å². The Morgan fingerprint density at radius 3 is 2.50 bits per heavy atom. The summed E-state index contributed by atoms with van der Waals surface area (Å²) in [5, 5.41) is 0. The molecule has 3 saturated heterocycles. The van der Waals surface area contributed by atoms with Crippen LogP contribution in [0.2, 0.25) is 0 Å². The third-order valence-electron chi connectivity index (χ3n) is 7.55. The van der Waals surface area contributed by atoms with Crippen LogP contribution in [0.5, 0.6) is 0 Å². The normalized spacial score (nSPS) is 24.4. The highest BCUT2D eigenvalue weighted by Gasteiger charge is 2.45. The molecule has 0 aliphatic carbocycles. The van der Waals surface area contributed by atoms with Crippen LogP contribution in [-0.2, 0) is 11.2 Å². The first-order chi connectivity index (χ1) is 16.5. The maximum Gasteiger partial charge on any atom is 0.320 e. The van der Waals surface area contributed by atoms with E-state index in [9.17, 15) is 4.79 Å². The summed E-state index contributed by atoms with van der Waals surface area (Å²) in [5.74, 6) is 1.91. The van der Waals surface area contributed by atoms with Gasteiger partial charge in [-0.25, -0.2) is 19.7 Å². The van der Waals surface area contributed by atoms with Gasteiger partial charge in [0.15, 0.2) is 0 Å². The number of fused-ring (bicyclic) bond motifs is 1. The number of carbonyl (C=O) groups excluding carboxylic acids is 1. The van der Waals surface area contributed by atoms with Crippen molar-refractivity contribution in [3.63, 3.8) is 0 Å². The number of aromatic nitrogens is 4. The molecule has 2 aromatic heterocycles. The molecule has 0 spiro atoms. The average molecular weight is 466 g/mol. The van der Waals surface area contributed by atoms with Crippen molar-refractivity contribution >= 4 is 23.7 Å². The van der Waals surface area contributed by atoms with Gasteiger partial charge in [0.2, 0.25) is 11.9 Å². The van der Waals surface area contributed by atoms with E-state index in [0.29, 0.717) is 25.7 Å². The van der Waals surface area contributed by atoms with Crippen LogP contribution in [0, 0.1) is 0 Å². The monoisotopic (exact) mass is 465 g/mol. The molecule has 1 atom stereocenters. The van der Waals surface area contributed by atoms with Crippen molar-refractivity contribution in [2.24, 2.45) is 0 Å². The number of rotatable bonds is 3. The van der Waals surface area contributed by atoms with E-state index in [1.807, 2.05) is 9.80 Å². The number of nitrogen functional groups attached to an aromatic ring is 1. The number of likely N-dealkylation sites (tertiary alicyclic amines) is 2. The second kappa shape index (κ2) is 8.23. The summed E-state index contributed by atoms with van der Waals surface area (Å²) in [6.07, 6.45) is 6.34. The Kier molecular flexibility index (Phi) is 5.16. The van der Waals surface area contributed by atoms with Crippen LogP contribution in [0.3, 0.4) is 0 Å². The first kappa shape index (κ1) is 21.3. The molecule has 3 fully saturated rings. The topological polar surface area (TPSA) is 117 Å². The number of morpholine rings is 1. The number of hydrogen-bond donors (Lipinski definition) is 1. The molecule has 11 nitrogen and oxygen atoms in total. The van der Waals surface area contributed by atoms with E-state index in [0.717, 1.165) is 81.2 Å². The number of nitrogens with two attached hydrogens (primary N) is 1. The van der Waals surface area contributed by atoms with Crippen molar-refractivity contribution in [3.05, 3.63) is 18.0 Å². The van der Waals surface area contributed by atoms with Crippen molar-refractivity contribution in [1.29, 1.82) is 0 Å². The lowest BCUT2D eigenvalue weighted by Gasteiger charge is -2.39. The highest BCUT2D eigenvalue weighted by molar-refractivity contribution is 5.77. The van der Waals surface area contributed by atoms with E-state index in [1.54, 1.807) is 12.4 Å². The highest BCUT2D eigenvalue weighted by atomic mass is 16.5. The number of amides is 2. The standard InChI is InChI=1S/C23H31N9O2/c1-23(4-8-31(15-23)22(33)30-5-2-6-30)32-7-3-17-18(16-13-25-20(24)26-14-16)27-21(28-19(17)32)29-9-11-34-12-10-29/h13-14H,2-12,15H2,1H3,(H2,24,25,26)/t23-/m1/s1. The van der Waals surface area contributed by atoms with Gasteiger partial charge in [-0.05, 0) is 26.2 Å². The van der Waals surface area contributed by atoms with Crippen molar-refractivity contribution < 1.29 is 9.53 Å². The Morgan fingerprint density at radius 1 is 1.03 bits per heavy atom. The van der Waals surface area contributed by atoms with Crippen LogP contribution in [0.15, 0.2) is 12.4 Å². The molecule has 2 amide bonds. The average Bonchev–Trinajstić information content (AvgIpc) is 3.43. The predicted molar refractivity (Wildman–Crippen MR) is 128 cm³/mol. The van der Waals surface area contributed by atoms with E-state index >= 15 is 0 Å². The summed E-state index contributed by atoms with van der Waals surface area (Å²) >= 11 is 0. The van der Waals surface area contributed by atoms with Crippen LogP contribution >= 0.6 is 0 Å². The largest absolute Gasteiger partial charge is 0.378 e. The minimum Gasteiger partial charge on any atom is -0.378 e. The molecule has 34 heavy (non-hydrogen) atoms. The Labute approximate surface area is 198 Å². The number of ether oxygens (including phenoxy) is 1. The van der Waals surface area contributed by atoms with Gasteiger partial charge >= 0.3 is 6.03 Å². The lowest BCUT2D eigenvalue weighted by Crippen LogP contribution is -2.52. The van der Waals surface area contributed by atoms with Crippen molar-refractivity contribution in [2.75, 3.05) is 74.6 Å². The van der Waals surface area contributed by atoms with Crippen LogP contribution in [0.4, 0.5) is 22.5 Å². The minimum absolute atomic E-state index is 0.169. The van der Waals surface area contributed by atoms with Gasteiger partial charge in [0.1, 0.15) is 5.82 Å². The smallest absolute Gasteiger partial charge is 0.320 e. The second-order valence-electron chi connectivity index (χ2n) is 9.80. The summed E-state index contributed by atoms with van der Waals surface area (Å²) in [4.78, 5) is 39.9. The zero-order valence-electron chi connectivity index (χ0n) is 19.6. The number of hydrogen-bond acceptors (Lipinski definition) is 9. The van der Waals surface area contributed by atoms with E-state index in [2.05, 4.69) is 26.7 Å². The zero-order valence-corrected chi connectivity index (χ0v) is 19.6. The molecule has 0 bridgehead atoms. The zero-order chi connectivity index (χ0) is 23.3. The molecule has 2 N–H and O–H groups in total. The highest BCUT2D eigenvalue weighted by Crippen LogP contribution is 2.41. The quantitative estimate of drug-likeness (QED) is 0.708. The Hall–Kier alpha value is -3.21. The fourth-order valence-corrected chi connectivity index (χ4v) is 5.41. The molecule has 6 rings (SSSR count). The fraction of sp³-hybridized carbons (Fsp3) is 0.609. The summed E-state index contributed by atoms with van der Waals surface area (Å²) in [7, 11) is 0. The lowest BCUT2D eigenvalue weighted by molar-refractivity contribution is 0.122. The SMILES string of the molecule is C[C@@]1(N2CCc3c(-c4cnc(N)nc4)nc(N4CCOCC4)nc32)CCN(C(=O)N2CCC2)C1. The van der Waals surface area contributed by atoms with Gasteiger partial charge in [-0.15, -0.1) is 0 Å². The first-order valence-electron chi connectivity index (χ1n) is 12.1. The molecule has 6 heterocycles. The third-order valence-corrected chi connectivity index (χ3v) is 7.55. The van der Waals surface area contributed by atoms with E-state index in [4.69, 9.17) is 20.4 Å². The maximum atomic E-state index is 12.9. The van der Waals surface area contributed by atoms with Crippen LogP contribution in [0.1, 0.15) is 25.3 Å². The summed E-state index contributed by atoms with van der Waals surface area (Å²) < 4.78 is 5.54. The molecular weight excluding hydrogens is 434 g/mol. The Morgan fingerprint density at radius 2 is 1.79 bits per heavy atom. The Balaban J connectivity index is 1.36. The molecular formula is C23H31N9O2. The van der Waals surface area contributed by atoms with Gasteiger partial charge in [0, 0.05) is 69.3 Å². The molecule has 180 valence electrons. The van der Waals surface area contributed by atoms with Crippen molar-refractivity contribution in [3.8, 4) is 11.3 Å². The van der Waals surface area contributed by atoms with Gasteiger partial charge in [0.25, 0.3) is 0 Å². The number of urea groups is 1. The molecule has 11 heteroatoms. The molecule has 0 saturated carbocycles. The van der Waals surface area contributed by atoms with E-state index < -0.39 is 0 Å². The molecule has 4 aliphatic rings. The van der Waals surface area contributed by atoms with Crippen molar-refractivity contribution in [1.82, 2.24) is 29.7 Å². The minimum atomic E-state index is -0.169. The van der Waals surface area contributed by atoms with E-state index in [-0.39, 0.29) is 17.5 Å². The van der Waals surface area contributed by atoms with Crippen LogP contribution < -0.4 is 15.5 Å². The summed E-state index contributed by atoms with van der Waals surface area (Å²) in [5.41, 5.74) is 8.39. The third kappa shape index (κ3) is 3.58. The predicted octanol–water partition coefficient (Wildman–Crippen LogP) is 1.01. The van der Waals surface area contributed by atoms with Gasteiger partial charge in [-0.3, -0.25) is 0 Å². The van der Waals surface area contributed by atoms with Gasteiger partial charge in [0.05, 0.1) is 24.4 Å². The van der Waals surface area contributed by atoms with Crippen LogP contribution in [0.25, 0.3) is 11.3 Å². The van der Waals surface area contributed by atoms with Gasteiger partial charge < -0.3 is 30.1 Å². The molecule has 0 radical (unpaired) electrons. The number of nitrogens with zero attached hydrogens (tertiary/aromatic N) is 8. The van der Waals surface area contributed by atoms with Gasteiger partial charge in [-0.1, -0.05) is 0 Å². The fourth-order valence-electron chi connectivity index (χ4n) is 5.41. The lowest BCUT2D eigenvalue weighted by atomic mass is 9.99. The first-order valence-corrected chi connectivity index (χ1v) is 12.1. The summed E-state index contributed by atoms with van der Waals surface area (Å²) in [6, 6.07) is 0.172.